The predicted molar refractivity (Wildman–Crippen MR) is 97.0 cm³/mol. The second-order valence-corrected chi connectivity index (χ2v) is 7.72. The first-order valence-corrected chi connectivity index (χ1v) is 9.17. The summed E-state index contributed by atoms with van der Waals surface area (Å²) in [6.07, 6.45) is 1.95. The van der Waals surface area contributed by atoms with Crippen molar-refractivity contribution in [2.75, 3.05) is 19.6 Å². The minimum Gasteiger partial charge on any atom is -0.465 e. The number of carbonyl (C=O) groups excluding carboxylic acids is 1. The quantitative estimate of drug-likeness (QED) is 0.856. The molecule has 25 heavy (non-hydrogen) atoms. The summed E-state index contributed by atoms with van der Waals surface area (Å²) in [5, 5.41) is 0. The molecule has 0 aliphatic carbocycles. The highest BCUT2D eigenvalue weighted by Crippen LogP contribution is 2.41. The first-order chi connectivity index (χ1) is 12.0. The van der Waals surface area contributed by atoms with E-state index in [-0.39, 0.29) is 5.41 Å². The van der Waals surface area contributed by atoms with Crippen LogP contribution in [0.1, 0.15) is 35.5 Å². The van der Waals surface area contributed by atoms with Crippen LogP contribution in [0.4, 0.5) is 0 Å². The molecule has 0 bridgehead atoms. The van der Waals surface area contributed by atoms with Crippen molar-refractivity contribution in [3.63, 3.8) is 0 Å². The molecule has 4 nitrogen and oxygen atoms in total. The second-order valence-electron chi connectivity index (χ2n) is 7.72. The Labute approximate surface area is 149 Å². The molecule has 2 aromatic rings. The first-order valence-electron chi connectivity index (χ1n) is 9.17. The molecule has 1 aromatic heterocycles. The Hall–Kier alpha value is -2.07. The van der Waals surface area contributed by atoms with Crippen molar-refractivity contribution in [3.05, 3.63) is 59.0 Å². The summed E-state index contributed by atoms with van der Waals surface area (Å²) in [5.74, 6) is 2.29. The number of amides is 1. The summed E-state index contributed by atoms with van der Waals surface area (Å²) >= 11 is 0. The van der Waals surface area contributed by atoms with Crippen LogP contribution in [0.5, 0.6) is 0 Å². The van der Waals surface area contributed by atoms with Crippen molar-refractivity contribution < 1.29 is 9.21 Å². The van der Waals surface area contributed by atoms with Crippen molar-refractivity contribution in [2.45, 2.75) is 39.8 Å². The molecule has 1 aromatic carbocycles. The number of benzene rings is 1. The lowest BCUT2D eigenvalue weighted by Crippen LogP contribution is -2.36. The smallest absolute Gasteiger partial charge is 0.230 e. The number of hydrogen-bond donors (Lipinski definition) is 0. The van der Waals surface area contributed by atoms with E-state index in [0.29, 0.717) is 5.91 Å². The van der Waals surface area contributed by atoms with Gasteiger partial charge in [0.05, 0.1) is 12.0 Å². The van der Waals surface area contributed by atoms with Gasteiger partial charge in [-0.25, -0.2) is 0 Å². The van der Waals surface area contributed by atoms with Gasteiger partial charge in [-0.15, -0.1) is 0 Å². The zero-order valence-corrected chi connectivity index (χ0v) is 15.1. The molecular formula is C21H26N2O2. The Morgan fingerprint density at radius 3 is 2.68 bits per heavy atom. The molecule has 1 spiro atoms. The van der Waals surface area contributed by atoms with Crippen LogP contribution in [0.15, 0.2) is 40.8 Å². The van der Waals surface area contributed by atoms with E-state index in [1.165, 1.54) is 11.1 Å². The van der Waals surface area contributed by atoms with Crippen LogP contribution < -0.4 is 0 Å². The lowest BCUT2D eigenvalue weighted by atomic mass is 9.85. The van der Waals surface area contributed by atoms with Gasteiger partial charge in [-0.1, -0.05) is 29.8 Å². The Morgan fingerprint density at radius 2 is 1.92 bits per heavy atom. The lowest BCUT2D eigenvalue weighted by Gasteiger charge is -2.23. The molecule has 3 heterocycles. The van der Waals surface area contributed by atoms with E-state index in [4.69, 9.17) is 4.42 Å². The van der Waals surface area contributed by atoms with Crippen molar-refractivity contribution in [1.29, 1.82) is 0 Å². The van der Waals surface area contributed by atoms with Crippen LogP contribution in [0, 0.1) is 19.3 Å². The summed E-state index contributed by atoms with van der Waals surface area (Å²) in [4.78, 5) is 17.5. The fraction of sp³-hybridized carbons (Fsp3) is 0.476. The fourth-order valence-electron chi connectivity index (χ4n) is 4.34. The fourth-order valence-corrected chi connectivity index (χ4v) is 4.34. The van der Waals surface area contributed by atoms with Gasteiger partial charge in [-0.05, 0) is 50.9 Å². The van der Waals surface area contributed by atoms with E-state index in [9.17, 15) is 4.79 Å². The van der Waals surface area contributed by atoms with Crippen LogP contribution in [0.25, 0.3) is 0 Å². The third-order valence-corrected chi connectivity index (χ3v) is 5.67. The number of likely N-dealkylation sites (tertiary alicyclic amines) is 2. The molecule has 0 radical (unpaired) electrons. The molecule has 2 aliphatic heterocycles. The van der Waals surface area contributed by atoms with Crippen molar-refractivity contribution in [1.82, 2.24) is 9.80 Å². The number of aryl methyl sites for hydroxylation is 2. The number of hydrogen-bond acceptors (Lipinski definition) is 3. The number of rotatable bonds is 4. The van der Waals surface area contributed by atoms with Gasteiger partial charge in [-0.3, -0.25) is 9.69 Å². The second kappa shape index (κ2) is 6.34. The van der Waals surface area contributed by atoms with Gasteiger partial charge in [0.25, 0.3) is 0 Å². The molecular weight excluding hydrogens is 312 g/mol. The maximum Gasteiger partial charge on any atom is 0.230 e. The zero-order valence-electron chi connectivity index (χ0n) is 15.1. The molecule has 2 fully saturated rings. The lowest BCUT2D eigenvalue weighted by molar-refractivity contribution is -0.136. The zero-order chi connectivity index (χ0) is 17.4. The SMILES string of the molecule is Cc1cccc(CN2CC[C@@]3(CCN(Cc4ccc(C)o4)C3)C2=O)c1. The van der Waals surface area contributed by atoms with Gasteiger partial charge in [0.2, 0.25) is 5.91 Å². The van der Waals surface area contributed by atoms with Crippen LogP contribution in [-0.2, 0) is 17.9 Å². The van der Waals surface area contributed by atoms with Crippen LogP contribution in [0.3, 0.4) is 0 Å². The molecule has 1 amide bonds. The average molecular weight is 338 g/mol. The van der Waals surface area contributed by atoms with E-state index in [2.05, 4.69) is 41.0 Å². The predicted octanol–water partition coefficient (Wildman–Crippen LogP) is 3.52. The van der Waals surface area contributed by atoms with E-state index in [1.807, 2.05) is 19.1 Å². The van der Waals surface area contributed by atoms with E-state index < -0.39 is 0 Å². The third-order valence-electron chi connectivity index (χ3n) is 5.67. The average Bonchev–Trinajstić information content (AvgIpc) is 3.25. The minimum absolute atomic E-state index is 0.175. The highest BCUT2D eigenvalue weighted by atomic mass is 16.3. The van der Waals surface area contributed by atoms with Gasteiger partial charge in [0, 0.05) is 19.6 Å². The Balaban J connectivity index is 1.41. The van der Waals surface area contributed by atoms with Crippen LogP contribution in [0.2, 0.25) is 0 Å². The maximum atomic E-state index is 13.1. The Morgan fingerprint density at radius 1 is 1.08 bits per heavy atom. The van der Waals surface area contributed by atoms with Crippen LogP contribution in [-0.4, -0.2) is 35.3 Å². The monoisotopic (exact) mass is 338 g/mol. The summed E-state index contributed by atoms with van der Waals surface area (Å²) in [6, 6.07) is 12.5. The van der Waals surface area contributed by atoms with Gasteiger partial charge in [-0.2, -0.15) is 0 Å². The Bertz CT molecular complexity index is 782. The first kappa shape index (κ1) is 16.4. The van der Waals surface area contributed by atoms with E-state index >= 15 is 0 Å². The molecule has 0 saturated carbocycles. The third kappa shape index (κ3) is 3.23. The van der Waals surface area contributed by atoms with Gasteiger partial charge in [0.1, 0.15) is 11.5 Å². The summed E-state index contributed by atoms with van der Waals surface area (Å²) in [6.45, 7) is 8.32. The molecule has 0 unspecified atom stereocenters. The largest absolute Gasteiger partial charge is 0.465 e. The van der Waals surface area contributed by atoms with Gasteiger partial charge in [0.15, 0.2) is 0 Å². The molecule has 0 N–H and O–H groups in total. The topological polar surface area (TPSA) is 36.7 Å². The highest BCUT2D eigenvalue weighted by molar-refractivity contribution is 5.85. The maximum absolute atomic E-state index is 13.1. The van der Waals surface area contributed by atoms with Gasteiger partial charge < -0.3 is 9.32 Å². The Kier molecular flexibility index (Phi) is 4.16. The standard InChI is InChI=1S/C21H26N2O2/c1-16-4-3-5-18(12-16)13-23-11-9-21(20(23)24)8-10-22(15-21)14-19-7-6-17(2)25-19/h3-7,12H,8-11,13-15H2,1-2H3/t21-/m1/s1. The molecule has 4 rings (SSSR count). The number of furan rings is 1. The van der Waals surface area contributed by atoms with Crippen molar-refractivity contribution in [3.8, 4) is 0 Å². The molecule has 2 saturated heterocycles. The molecule has 2 aliphatic rings. The summed E-state index contributed by atoms with van der Waals surface area (Å²) < 4.78 is 5.70. The number of carbonyl (C=O) groups is 1. The van der Waals surface area contributed by atoms with Crippen molar-refractivity contribution in [2.24, 2.45) is 5.41 Å². The van der Waals surface area contributed by atoms with E-state index in [0.717, 1.165) is 57.1 Å². The molecule has 4 heteroatoms. The van der Waals surface area contributed by atoms with Crippen LogP contribution >= 0.6 is 0 Å². The minimum atomic E-state index is -0.175. The normalized spacial score (nSPS) is 23.9. The molecule has 132 valence electrons. The summed E-state index contributed by atoms with van der Waals surface area (Å²) in [7, 11) is 0. The van der Waals surface area contributed by atoms with E-state index in [1.54, 1.807) is 0 Å². The van der Waals surface area contributed by atoms with Crippen molar-refractivity contribution >= 4 is 5.91 Å². The van der Waals surface area contributed by atoms with Gasteiger partial charge >= 0.3 is 0 Å². The summed E-state index contributed by atoms with van der Waals surface area (Å²) in [5.41, 5.74) is 2.30. The molecule has 1 atom stereocenters. The highest BCUT2D eigenvalue weighted by Gasteiger charge is 2.50. The number of nitrogens with zero attached hydrogens (tertiary/aromatic N) is 2.